The molecule has 0 saturated carbocycles. The number of aromatic nitrogens is 1. The fourth-order valence-corrected chi connectivity index (χ4v) is 2.45. The fraction of sp³-hybridized carbons (Fsp3) is 0.250. The van der Waals surface area contributed by atoms with Crippen LogP contribution in [-0.4, -0.2) is 17.4 Å². The molecule has 5 nitrogen and oxygen atoms in total. The molecule has 0 bridgehead atoms. The Hall–Kier alpha value is -2.40. The number of pyridine rings is 1. The molecule has 2 heterocycles. The van der Waals surface area contributed by atoms with E-state index >= 15 is 0 Å². The van der Waals surface area contributed by atoms with E-state index in [0.29, 0.717) is 0 Å². The van der Waals surface area contributed by atoms with Crippen molar-refractivity contribution in [3.8, 4) is 0 Å². The molecule has 108 valence electrons. The number of carbonyl (C=O) groups excluding carboxylic acids is 1. The van der Waals surface area contributed by atoms with E-state index in [1.165, 1.54) is 0 Å². The summed E-state index contributed by atoms with van der Waals surface area (Å²) in [7, 11) is 0. The summed E-state index contributed by atoms with van der Waals surface area (Å²) < 4.78 is 0. The molecule has 21 heavy (non-hydrogen) atoms. The number of benzene rings is 1. The van der Waals surface area contributed by atoms with Gasteiger partial charge in [0.25, 0.3) is 0 Å². The Morgan fingerprint density at radius 1 is 1.33 bits per heavy atom. The molecule has 2 aromatic rings. The largest absolute Gasteiger partial charge is 0.329 e. The van der Waals surface area contributed by atoms with Crippen molar-refractivity contribution < 1.29 is 4.79 Å². The lowest BCUT2D eigenvalue weighted by Crippen LogP contribution is -2.35. The van der Waals surface area contributed by atoms with E-state index in [-0.39, 0.29) is 18.5 Å². The van der Waals surface area contributed by atoms with Gasteiger partial charge in [-0.15, -0.1) is 0 Å². The zero-order valence-corrected chi connectivity index (χ0v) is 11.9. The Balaban J connectivity index is 1.95. The molecular formula is C16H18N4O. The zero-order valence-electron chi connectivity index (χ0n) is 11.9. The summed E-state index contributed by atoms with van der Waals surface area (Å²) in [6.45, 7) is 2.32. The van der Waals surface area contributed by atoms with Gasteiger partial charge in [-0.2, -0.15) is 0 Å². The molecule has 0 aliphatic carbocycles. The summed E-state index contributed by atoms with van der Waals surface area (Å²) in [4.78, 5) is 18.2. The average Bonchev–Trinajstić information content (AvgIpc) is 2.53. The number of nitrogens with two attached hydrogens (primary N) is 1. The lowest BCUT2D eigenvalue weighted by Gasteiger charge is -2.30. The van der Waals surface area contributed by atoms with Crippen LogP contribution in [0.5, 0.6) is 0 Å². The van der Waals surface area contributed by atoms with Crippen LogP contribution in [0.3, 0.4) is 0 Å². The molecule has 1 aliphatic heterocycles. The number of hydrogen-bond donors (Lipinski definition) is 2. The molecule has 0 fully saturated rings. The molecule has 0 unspecified atom stereocenters. The smallest absolute Gasteiger partial charge is 0.244 e. The standard InChI is InChI=1S/C16H18N4O/c1-2-12(17)13-8-7-11(9-18-13)20-10-16(21)19-14-5-3-4-6-15(14)20/h3-9,12H,2,10,17H2,1H3,(H,19,21)/t12-/m1/s1. The minimum atomic E-state index is -0.0454. The second-order valence-electron chi connectivity index (χ2n) is 5.11. The molecular weight excluding hydrogens is 264 g/mol. The number of anilines is 3. The summed E-state index contributed by atoms with van der Waals surface area (Å²) in [5.41, 5.74) is 9.55. The summed E-state index contributed by atoms with van der Waals surface area (Å²) in [5.74, 6) is -0.0250. The number of nitrogens with one attached hydrogen (secondary N) is 1. The van der Waals surface area contributed by atoms with Gasteiger partial charge in [0.1, 0.15) is 6.54 Å². The molecule has 1 aromatic heterocycles. The van der Waals surface area contributed by atoms with Gasteiger partial charge >= 0.3 is 0 Å². The van der Waals surface area contributed by atoms with Gasteiger partial charge in [-0.25, -0.2) is 0 Å². The first-order chi connectivity index (χ1) is 10.2. The topological polar surface area (TPSA) is 71.2 Å². The zero-order chi connectivity index (χ0) is 14.8. The molecule has 0 saturated heterocycles. The number of amides is 1. The predicted octanol–water partition coefficient (Wildman–Crippen LogP) is 2.58. The van der Waals surface area contributed by atoms with E-state index in [1.807, 2.05) is 48.2 Å². The van der Waals surface area contributed by atoms with Gasteiger partial charge in [0.2, 0.25) is 5.91 Å². The highest BCUT2D eigenvalue weighted by Gasteiger charge is 2.23. The van der Waals surface area contributed by atoms with Crippen molar-refractivity contribution in [1.29, 1.82) is 0 Å². The maximum absolute atomic E-state index is 11.8. The Morgan fingerprint density at radius 2 is 2.14 bits per heavy atom. The molecule has 0 spiro atoms. The first-order valence-corrected chi connectivity index (χ1v) is 7.07. The molecule has 1 aliphatic rings. The third-order valence-electron chi connectivity index (χ3n) is 3.67. The summed E-state index contributed by atoms with van der Waals surface area (Å²) >= 11 is 0. The summed E-state index contributed by atoms with van der Waals surface area (Å²) in [6, 6.07) is 11.6. The molecule has 1 aromatic carbocycles. The van der Waals surface area contributed by atoms with Crippen molar-refractivity contribution in [2.45, 2.75) is 19.4 Å². The van der Waals surface area contributed by atoms with E-state index in [2.05, 4.69) is 10.3 Å². The molecule has 0 radical (unpaired) electrons. The van der Waals surface area contributed by atoms with Crippen LogP contribution in [0.2, 0.25) is 0 Å². The van der Waals surface area contributed by atoms with Crippen molar-refractivity contribution in [1.82, 2.24) is 4.98 Å². The average molecular weight is 282 g/mol. The number of nitrogens with zero attached hydrogens (tertiary/aromatic N) is 2. The van der Waals surface area contributed by atoms with Crippen LogP contribution in [0.15, 0.2) is 42.6 Å². The van der Waals surface area contributed by atoms with Crippen LogP contribution < -0.4 is 16.0 Å². The number of carbonyl (C=O) groups is 1. The Kier molecular flexibility index (Phi) is 3.58. The van der Waals surface area contributed by atoms with Crippen molar-refractivity contribution in [2.24, 2.45) is 5.73 Å². The third-order valence-corrected chi connectivity index (χ3v) is 3.67. The Labute approximate surface area is 123 Å². The van der Waals surface area contributed by atoms with E-state index < -0.39 is 0 Å². The first kappa shape index (κ1) is 13.6. The maximum Gasteiger partial charge on any atom is 0.244 e. The van der Waals surface area contributed by atoms with Crippen molar-refractivity contribution in [3.05, 3.63) is 48.3 Å². The van der Waals surface area contributed by atoms with Crippen molar-refractivity contribution in [2.75, 3.05) is 16.8 Å². The van der Waals surface area contributed by atoms with E-state index in [0.717, 1.165) is 29.2 Å². The van der Waals surface area contributed by atoms with Crippen molar-refractivity contribution >= 4 is 23.0 Å². The lowest BCUT2D eigenvalue weighted by molar-refractivity contribution is -0.115. The Bertz CT molecular complexity index is 654. The highest BCUT2D eigenvalue weighted by molar-refractivity contribution is 6.03. The fourth-order valence-electron chi connectivity index (χ4n) is 2.45. The number of para-hydroxylation sites is 2. The van der Waals surface area contributed by atoms with E-state index in [4.69, 9.17) is 5.73 Å². The molecule has 1 atom stereocenters. The summed E-state index contributed by atoms with van der Waals surface area (Å²) in [5, 5.41) is 2.88. The Morgan fingerprint density at radius 3 is 2.86 bits per heavy atom. The third kappa shape index (κ3) is 2.60. The first-order valence-electron chi connectivity index (χ1n) is 7.07. The van der Waals surface area contributed by atoms with Crippen molar-refractivity contribution in [3.63, 3.8) is 0 Å². The van der Waals surface area contributed by atoms with Gasteiger partial charge in [0.05, 0.1) is 29.0 Å². The van der Waals surface area contributed by atoms with Gasteiger partial charge in [-0.05, 0) is 30.7 Å². The van der Waals surface area contributed by atoms with Gasteiger partial charge in [-0.1, -0.05) is 19.1 Å². The van der Waals surface area contributed by atoms with Gasteiger partial charge < -0.3 is 16.0 Å². The molecule has 3 N–H and O–H groups in total. The molecule has 5 heteroatoms. The van der Waals surface area contributed by atoms with Crippen LogP contribution in [0.1, 0.15) is 25.1 Å². The van der Waals surface area contributed by atoms with Gasteiger partial charge in [-0.3, -0.25) is 9.78 Å². The number of rotatable bonds is 3. The monoisotopic (exact) mass is 282 g/mol. The molecule has 1 amide bonds. The predicted molar refractivity (Wildman–Crippen MR) is 83.5 cm³/mol. The second kappa shape index (κ2) is 5.54. The van der Waals surface area contributed by atoms with Gasteiger partial charge in [0.15, 0.2) is 0 Å². The molecule has 3 rings (SSSR count). The van der Waals surface area contributed by atoms with E-state index in [1.54, 1.807) is 6.20 Å². The maximum atomic E-state index is 11.8. The van der Waals surface area contributed by atoms with Crippen LogP contribution >= 0.6 is 0 Å². The highest BCUT2D eigenvalue weighted by atomic mass is 16.2. The minimum absolute atomic E-state index is 0.0250. The number of fused-ring (bicyclic) bond motifs is 1. The van der Waals surface area contributed by atoms with E-state index in [9.17, 15) is 4.79 Å². The number of hydrogen-bond acceptors (Lipinski definition) is 4. The minimum Gasteiger partial charge on any atom is -0.329 e. The SMILES string of the molecule is CC[C@@H](N)c1ccc(N2CC(=O)Nc3ccccc32)cn1. The quantitative estimate of drug-likeness (QED) is 0.907. The highest BCUT2D eigenvalue weighted by Crippen LogP contribution is 2.34. The normalized spacial score (nSPS) is 15.3. The summed E-state index contributed by atoms with van der Waals surface area (Å²) in [6.07, 6.45) is 2.63. The van der Waals surface area contributed by atoms with Crippen LogP contribution in [-0.2, 0) is 4.79 Å². The lowest BCUT2D eigenvalue weighted by atomic mass is 10.1. The van der Waals surface area contributed by atoms with Crippen LogP contribution in [0.4, 0.5) is 17.1 Å². The van der Waals surface area contributed by atoms with Crippen LogP contribution in [0.25, 0.3) is 0 Å². The van der Waals surface area contributed by atoms with Crippen LogP contribution in [0, 0.1) is 0 Å². The second-order valence-corrected chi connectivity index (χ2v) is 5.11. The van der Waals surface area contributed by atoms with Gasteiger partial charge in [0, 0.05) is 6.04 Å².